The molecule has 5 nitrogen and oxygen atoms in total. The Morgan fingerprint density at radius 2 is 1.78 bits per heavy atom. The molecule has 2 aromatic rings. The second kappa shape index (κ2) is 6.96. The van der Waals surface area contributed by atoms with Crippen LogP contribution < -0.4 is 10.5 Å². The zero-order chi connectivity index (χ0) is 16.2. The van der Waals surface area contributed by atoms with Gasteiger partial charge in [0.05, 0.1) is 12.8 Å². The van der Waals surface area contributed by atoms with Crippen LogP contribution in [0.3, 0.4) is 0 Å². The first-order valence-electron chi connectivity index (χ1n) is 8.20. The highest BCUT2D eigenvalue weighted by molar-refractivity contribution is 5.61. The van der Waals surface area contributed by atoms with Gasteiger partial charge < -0.3 is 10.5 Å². The summed E-state index contributed by atoms with van der Waals surface area (Å²) in [5, 5.41) is 0. The number of benzene rings is 1. The fraction of sp³-hybridized carbons (Fsp3) is 0.444. The summed E-state index contributed by atoms with van der Waals surface area (Å²) >= 11 is 0. The van der Waals surface area contributed by atoms with Crippen LogP contribution in [0, 0.1) is 0 Å². The number of nitrogens with two attached hydrogens (primary N) is 1. The van der Waals surface area contributed by atoms with Gasteiger partial charge in [0.25, 0.3) is 0 Å². The number of methoxy groups -OCH3 is 1. The van der Waals surface area contributed by atoms with Gasteiger partial charge in [-0.1, -0.05) is 30.7 Å². The predicted molar refractivity (Wildman–Crippen MR) is 92.3 cm³/mol. The zero-order valence-electron chi connectivity index (χ0n) is 13.8. The molecule has 1 aromatic carbocycles. The van der Waals surface area contributed by atoms with Crippen molar-refractivity contribution in [3.63, 3.8) is 0 Å². The van der Waals surface area contributed by atoms with E-state index in [4.69, 9.17) is 10.5 Å². The lowest BCUT2D eigenvalue weighted by molar-refractivity contribution is 0.175. The molecule has 122 valence electrons. The standard InChI is InChI=1S/C18H24N4O/c1-13(22-10-4-3-5-11-22)14-6-8-15(9-7-14)16-12-17(23-2)21-18(19)20-16/h6-9,12-13H,3-5,10-11H2,1-2H3,(H2,19,20,21)/t13-/m0/s1. The average Bonchev–Trinajstić information content (AvgIpc) is 2.61. The van der Waals surface area contributed by atoms with Crippen LogP contribution in [0.2, 0.25) is 0 Å². The van der Waals surface area contributed by atoms with Crippen molar-refractivity contribution in [2.75, 3.05) is 25.9 Å². The molecule has 1 atom stereocenters. The van der Waals surface area contributed by atoms with Crippen LogP contribution in [0.4, 0.5) is 5.95 Å². The topological polar surface area (TPSA) is 64.3 Å². The Labute approximate surface area is 137 Å². The van der Waals surface area contributed by atoms with E-state index in [0.717, 1.165) is 11.3 Å². The van der Waals surface area contributed by atoms with Crippen LogP contribution >= 0.6 is 0 Å². The Morgan fingerprint density at radius 1 is 1.09 bits per heavy atom. The normalized spacial score (nSPS) is 17.0. The van der Waals surface area contributed by atoms with E-state index < -0.39 is 0 Å². The number of hydrogen-bond donors (Lipinski definition) is 1. The summed E-state index contributed by atoms with van der Waals surface area (Å²) in [6, 6.07) is 10.8. The first-order valence-corrected chi connectivity index (χ1v) is 8.20. The highest BCUT2D eigenvalue weighted by Crippen LogP contribution is 2.27. The summed E-state index contributed by atoms with van der Waals surface area (Å²) in [7, 11) is 1.58. The van der Waals surface area contributed by atoms with Crippen molar-refractivity contribution < 1.29 is 4.74 Å². The molecule has 0 radical (unpaired) electrons. The Hall–Kier alpha value is -2.14. The molecule has 5 heteroatoms. The molecule has 2 N–H and O–H groups in total. The van der Waals surface area contributed by atoms with Crippen LogP contribution in [0.25, 0.3) is 11.3 Å². The fourth-order valence-electron chi connectivity index (χ4n) is 3.14. The lowest BCUT2D eigenvalue weighted by Crippen LogP contribution is -2.32. The Kier molecular flexibility index (Phi) is 4.76. The molecule has 1 aliphatic heterocycles. The number of aromatic nitrogens is 2. The Bertz CT molecular complexity index is 651. The molecular weight excluding hydrogens is 288 g/mol. The number of ether oxygens (including phenoxy) is 1. The molecule has 1 saturated heterocycles. The van der Waals surface area contributed by atoms with E-state index >= 15 is 0 Å². The van der Waals surface area contributed by atoms with Gasteiger partial charge in [0, 0.05) is 17.7 Å². The molecule has 2 heterocycles. The van der Waals surface area contributed by atoms with E-state index in [-0.39, 0.29) is 5.95 Å². The maximum absolute atomic E-state index is 5.74. The molecule has 23 heavy (non-hydrogen) atoms. The van der Waals surface area contributed by atoms with Gasteiger partial charge in [-0.05, 0) is 38.4 Å². The van der Waals surface area contributed by atoms with Crippen LogP contribution in [0.5, 0.6) is 5.88 Å². The summed E-state index contributed by atoms with van der Waals surface area (Å²) in [5.41, 5.74) is 8.88. The van der Waals surface area contributed by atoms with E-state index in [1.807, 2.05) is 0 Å². The first-order chi connectivity index (χ1) is 11.2. The lowest BCUT2D eigenvalue weighted by Gasteiger charge is -2.32. The van der Waals surface area contributed by atoms with Crippen molar-refractivity contribution >= 4 is 5.95 Å². The quantitative estimate of drug-likeness (QED) is 0.938. The smallest absolute Gasteiger partial charge is 0.223 e. The third-order valence-electron chi connectivity index (χ3n) is 4.56. The van der Waals surface area contributed by atoms with Crippen LogP contribution in [-0.4, -0.2) is 35.1 Å². The summed E-state index contributed by atoms with van der Waals surface area (Å²) in [6.07, 6.45) is 3.98. The first kappa shape index (κ1) is 15.7. The SMILES string of the molecule is COc1cc(-c2ccc([C@H](C)N3CCCCC3)cc2)nc(N)n1. The van der Waals surface area contributed by atoms with Crippen molar-refractivity contribution in [3.05, 3.63) is 35.9 Å². The molecule has 1 fully saturated rings. The van der Waals surface area contributed by atoms with E-state index in [0.29, 0.717) is 11.9 Å². The highest BCUT2D eigenvalue weighted by Gasteiger charge is 2.18. The van der Waals surface area contributed by atoms with Crippen LogP contribution in [-0.2, 0) is 0 Å². The number of likely N-dealkylation sites (tertiary alicyclic amines) is 1. The predicted octanol–water partition coefficient (Wildman–Crippen LogP) is 3.28. The number of anilines is 1. The number of nitrogens with zero attached hydrogens (tertiary/aromatic N) is 3. The van der Waals surface area contributed by atoms with Gasteiger partial charge in [-0.3, -0.25) is 4.90 Å². The monoisotopic (exact) mass is 312 g/mol. The molecule has 1 aliphatic rings. The summed E-state index contributed by atoms with van der Waals surface area (Å²) in [5.74, 6) is 0.711. The van der Waals surface area contributed by atoms with E-state index in [9.17, 15) is 0 Å². The summed E-state index contributed by atoms with van der Waals surface area (Å²) in [4.78, 5) is 10.9. The molecule has 0 amide bonds. The second-order valence-electron chi connectivity index (χ2n) is 6.05. The molecule has 0 spiro atoms. The van der Waals surface area contributed by atoms with Crippen molar-refractivity contribution in [1.29, 1.82) is 0 Å². The van der Waals surface area contributed by atoms with Gasteiger partial charge >= 0.3 is 0 Å². The molecule has 0 aliphatic carbocycles. The minimum atomic E-state index is 0.227. The molecule has 0 unspecified atom stereocenters. The van der Waals surface area contributed by atoms with Crippen molar-refractivity contribution in [1.82, 2.24) is 14.9 Å². The zero-order valence-corrected chi connectivity index (χ0v) is 13.8. The number of rotatable bonds is 4. The van der Waals surface area contributed by atoms with Gasteiger partial charge in [-0.2, -0.15) is 4.98 Å². The minimum Gasteiger partial charge on any atom is -0.481 e. The van der Waals surface area contributed by atoms with Crippen LogP contribution in [0.15, 0.2) is 30.3 Å². The molecule has 0 saturated carbocycles. The van der Waals surface area contributed by atoms with Crippen molar-refractivity contribution in [3.8, 4) is 17.1 Å². The van der Waals surface area contributed by atoms with Crippen molar-refractivity contribution in [2.24, 2.45) is 0 Å². The number of piperidine rings is 1. The Morgan fingerprint density at radius 3 is 2.43 bits per heavy atom. The third kappa shape index (κ3) is 3.62. The average molecular weight is 312 g/mol. The summed E-state index contributed by atoms with van der Waals surface area (Å²) < 4.78 is 5.16. The molecular formula is C18H24N4O. The minimum absolute atomic E-state index is 0.227. The maximum Gasteiger partial charge on any atom is 0.223 e. The number of hydrogen-bond acceptors (Lipinski definition) is 5. The largest absolute Gasteiger partial charge is 0.481 e. The fourth-order valence-corrected chi connectivity index (χ4v) is 3.14. The molecule has 1 aromatic heterocycles. The second-order valence-corrected chi connectivity index (χ2v) is 6.05. The van der Waals surface area contributed by atoms with Gasteiger partial charge in [0.2, 0.25) is 11.8 Å². The maximum atomic E-state index is 5.74. The molecule has 3 rings (SSSR count). The highest BCUT2D eigenvalue weighted by atomic mass is 16.5. The van der Waals surface area contributed by atoms with Gasteiger partial charge in [0.1, 0.15) is 0 Å². The van der Waals surface area contributed by atoms with Gasteiger partial charge in [-0.15, -0.1) is 0 Å². The van der Waals surface area contributed by atoms with E-state index in [2.05, 4.69) is 46.1 Å². The van der Waals surface area contributed by atoms with E-state index in [1.165, 1.54) is 37.9 Å². The van der Waals surface area contributed by atoms with Crippen LogP contribution in [0.1, 0.15) is 37.8 Å². The van der Waals surface area contributed by atoms with Gasteiger partial charge in [-0.25, -0.2) is 4.98 Å². The Balaban J connectivity index is 1.80. The lowest BCUT2D eigenvalue weighted by atomic mass is 10.0. The summed E-state index contributed by atoms with van der Waals surface area (Å²) in [6.45, 7) is 4.68. The third-order valence-corrected chi connectivity index (χ3v) is 4.56. The van der Waals surface area contributed by atoms with E-state index in [1.54, 1.807) is 13.2 Å². The van der Waals surface area contributed by atoms with Crippen molar-refractivity contribution in [2.45, 2.75) is 32.2 Å². The number of nitrogen functional groups attached to an aromatic ring is 1. The van der Waals surface area contributed by atoms with Gasteiger partial charge in [0.15, 0.2) is 0 Å². The molecule has 0 bridgehead atoms.